The first-order chi connectivity index (χ1) is 5.22. The zero-order valence-electron chi connectivity index (χ0n) is 6.25. The molecule has 0 fully saturated rings. The van der Waals surface area contributed by atoms with Gasteiger partial charge in [0.2, 0.25) is 0 Å². The topological polar surface area (TPSA) is 78.3 Å². The molecule has 4 nitrogen and oxygen atoms in total. The minimum Gasteiger partial charge on any atom is -0.371 e. The fourth-order valence-corrected chi connectivity index (χ4v) is 0.589. The zero-order chi connectivity index (χ0) is 8.69. The van der Waals surface area contributed by atoms with Crippen molar-refractivity contribution in [2.75, 3.05) is 6.54 Å². The van der Waals surface area contributed by atoms with E-state index in [1.54, 1.807) is 6.11 Å². The second kappa shape index (κ2) is 5.71. The number of hydrogen-bond donors (Lipinski definition) is 2. The SMILES string of the molecule is C#COC(=O)[C@@H](N)CCCN. The molecule has 0 aromatic heterocycles. The second-order valence-electron chi connectivity index (χ2n) is 2.08. The Balaban J connectivity index is 3.57. The van der Waals surface area contributed by atoms with Crippen molar-refractivity contribution < 1.29 is 9.53 Å². The lowest BCUT2D eigenvalue weighted by Crippen LogP contribution is -2.31. The Bertz CT molecular complexity index is 162. The van der Waals surface area contributed by atoms with Crippen LogP contribution in [0.15, 0.2) is 0 Å². The van der Waals surface area contributed by atoms with E-state index in [2.05, 4.69) is 4.74 Å². The Hall–Kier alpha value is -1.05. The molecule has 0 amide bonds. The zero-order valence-corrected chi connectivity index (χ0v) is 6.25. The van der Waals surface area contributed by atoms with Crippen LogP contribution >= 0.6 is 0 Å². The molecule has 0 aromatic rings. The first-order valence-corrected chi connectivity index (χ1v) is 3.34. The Morgan fingerprint density at radius 1 is 1.73 bits per heavy atom. The Kier molecular flexibility index (Phi) is 5.17. The van der Waals surface area contributed by atoms with E-state index in [9.17, 15) is 4.79 Å². The molecule has 0 aliphatic heterocycles. The smallest absolute Gasteiger partial charge is 0.336 e. The van der Waals surface area contributed by atoms with Gasteiger partial charge >= 0.3 is 5.97 Å². The lowest BCUT2D eigenvalue weighted by atomic mass is 10.2. The molecule has 0 bridgehead atoms. The van der Waals surface area contributed by atoms with Crippen molar-refractivity contribution >= 4 is 5.97 Å². The number of esters is 1. The summed E-state index contributed by atoms with van der Waals surface area (Å²) >= 11 is 0. The summed E-state index contributed by atoms with van der Waals surface area (Å²) in [5, 5.41) is 0. The van der Waals surface area contributed by atoms with E-state index < -0.39 is 12.0 Å². The Morgan fingerprint density at radius 2 is 2.36 bits per heavy atom. The number of ether oxygens (including phenoxy) is 1. The molecule has 0 unspecified atom stereocenters. The summed E-state index contributed by atoms with van der Waals surface area (Å²) < 4.78 is 4.22. The first kappa shape index (κ1) is 9.95. The molecule has 0 radical (unpaired) electrons. The van der Waals surface area contributed by atoms with Crippen LogP contribution in [0.3, 0.4) is 0 Å². The van der Waals surface area contributed by atoms with Crippen LogP contribution in [0.2, 0.25) is 0 Å². The quantitative estimate of drug-likeness (QED) is 0.412. The molecule has 62 valence electrons. The standard InChI is InChI=1S/C7H12N2O2/c1-2-11-7(10)6(9)4-3-5-8/h1,6H,3-5,8-9H2/t6-/m0/s1. The van der Waals surface area contributed by atoms with Crippen molar-refractivity contribution in [3.05, 3.63) is 0 Å². The van der Waals surface area contributed by atoms with Crippen molar-refractivity contribution in [3.8, 4) is 12.5 Å². The minimum absolute atomic E-state index is 0.511. The van der Waals surface area contributed by atoms with Crippen LogP contribution in [0, 0.1) is 12.5 Å². The van der Waals surface area contributed by atoms with Gasteiger partial charge in [0.25, 0.3) is 0 Å². The summed E-state index contributed by atoms with van der Waals surface area (Å²) in [6, 6.07) is -0.644. The van der Waals surface area contributed by atoms with Gasteiger partial charge in [0.05, 0.1) is 0 Å². The highest BCUT2D eigenvalue weighted by molar-refractivity contribution is 5.76. The largest absolute Gasteiger partial charge is 0.371 e. The monoisotopic (exact) mass is 156 g/mol. The van der Waals surface area contributed by atoms with E-state index in [0.29, 0.717) is 19.4 Å². The van der Waals surface area contributed by atoms with Crippen molar-refractivity contribution in [1.29, 1.82) is 0 Å². The maximum absolute atomic E-state index is 10.7. The van der Waals surface area contributed by atoms with Crippen molar-refractivity contribution in [3.63, 3.8) is 0 Å². The summed E-state index contributed by atoms with van der Waals surface area (Å²) in [6.07, 6.45) is 7.69. The highest BCUT2D eigenvalue weighted by atomic mass is 16.5. The van der Waals surface area contributed by atoms with Crippen LogP contribution < -0.4 is 11.5 Å². The van der Waals surface area contributed by atoms with Crippen molar-refractivity contribution in [1.82, 2.24) is 0 Å². The molecule has 0 saturated carbocycles. The Morgan fingerprint density at radius 3 is 2.82 bits per heavy atom. The number of carbonyl (C=O) groups is 1. The average Bonchev–Trinajstić information content (AvgIpc) is 2.00. The normalized spacial score (nSPS) is 11.7. The van der Waals surface area contributed by atoms with Gasteiger partial charge in [0, 0.05) is 0 Å². The second-order valence-corrected chi connectivity index (χ2v) is 2.08. The molecule has 1 atom stereocenters. The molecule has 0 aliphatic rings. The molecule has 0 rings (SSSR count). The molecule has 0 heterocycles. The van der Waals surface area contributed by atoms with Crippen LogP contribution in [0.5, 0.6) is 0 Å². The van der Waals surface area contributed by atoms with Crippen LogP contribution in [0.1, 0.15) is 12.8 Å². The molecular formula is C7H12N2O2. The fraction of sp³-hybridized carbons (Fsp3) is 0.571. The van der Waals surface area contributed by atoms with Crippen LogP contribution in [0.25, 0.3) is 0 Å². The summed E-state index contributed by atoms with van der Waals surface area (Å²) in [4.78, 5) is 10.7. The summed E-state index contributed by atoms with van der Waals surface area (Å²) in [5.41, 5.74) is 10.6. The van der Waals surface area contributed by atoms with E-state index in [4.69, 9.17) is 17.9 Å². The highest BCUT2D eigenvalue weighted by Gasteiger charge is 2.12. The molecule has 4 heteroatoms. The third kappa shape index (κ3) is 4.37. The van der Waals surface area contributed by atoms with Gasteiger partial charge in [-0.2, -0.15) is 0 Å². The van der Waals surface area contributed by atoms with Gasteiger partial charge in [-0.25, -0.2) is 4.79 Å². The fourth-order valence-electron chi connectivity index (χ4n) is 0.589. The Labute approximate surface area is 65.9 Å². The molecule has 0 aromatic carbocycles. The minimum atomic E-state index is -0.644. The summed E-state index contributed by atoms with van der Waals surface area (Å²) in [7, 11) is 0. The van der Waals surface area contributed by atoms with Gasteiger partial charge in [-0.15, -0.1) is 0 Å². The number of rotatable bonds is 4. The van der Waals surface area contributed by atoms with E-state index in [0.717, 1.165) is 0 Å². The summed E-state index contributed by atoms with van der Waals surface area (Å²) in [5.74, 6) is -0.569. The van der Waals surface area contributed by atoms with Gasteiger partial charge < -0.3 is 16.2 Å². The number of carbonyl (C=O) groups excluding carboxylic acids is 1. The maximum atomic E-state index is 10.7. The molecule has 0 saturated heterocycles. The van der Waals surface area contributed by atoms with Crippen LogP contribution in [0.4, 0.5) is 0 Å². The van der Waals surface area contributed by atoms with E-state index >= 15 is 0 Å². The van der Waals surface area contributed by atoms with Crippen molar-refractivity contribution in [2.24, 2.45) is 11.5 Å². The molecule has 0 aliphatic carbocycles. The van der Waals surface area contributed by atoms with E-state index in [-0.39, 0.29) is 0 Å². The third-order valence-electron chi connectivity index (χ3n) is 1.18. The lowest BCUT2D eigenvalue weighted by molar-refractivity contribution is -0.138. The lowest BCUT2D eigenvalue weighted by Gasteiger charge is -2.05. The van der Waals surface area contributed by atoms with Gasteiger partial charge in [-0.3, -0.25) is 0 Å². The number of nitrogens with two attached hydrogens (primary N) is 2. The highest BCUT2D eigenvalue weighted by Crippen LogP contribution is 1.94. The van der Waals surface area contributed by atoms with Crippen molar-refractivity contribution in [2.45, 2.75) is 18.9 Å². The summed E-state index contributed by atoms with van der Waals surface area (Å²) in [6.45, 7) is 0.511. The molecule has 0 spiro atoms. The number of terminal acetylenes is 1. The van der Waals surface area contributed by atoms with E-state index in [1.807, 2.05) is 0 Å². The van der Waals surface area contributed by atoms with Gasteiger partial charge in [-0.05, 0) is 19.4 Å². The molecular weight excluding hydrogens is 144 g/mol. The average molecular weight is 156 g/mol. The van der Waals surface area contributed by atoms with Gasteiger partial charge in [0.15, 0.2) is 0 Å². The van der Waals surface area contributed by atoms with Crippen LogP contribution in [-0.4, -0.2) is 18.6 Å². The first-order valence-electron chi connectivity index (χ1n) is 3.34. The maximum Gasteiger partial charge on any atom is 0.336 e. The van der Waals surface area contributed by atoms with Gasteiger partial charge in [0.1, 0.15) is 12.1 Å². The van der Waals surface area contributed by atoms with Gasteiger partial charge in [-0.1, -0.05) is 6.42 Å². The van der Waals surface area contributed by atoms with E-state index in [1.165, 1.54) is 0 Å². The molecule has 11 heavy (non-hydrogen) atoms. The third-order valence-corrected chi connectivity index (χ3v) is 1.18. The molecule has 4 N–H and O–H groups in total. The number of hydrogen-bond acceptors (Lipinski definition) is 4. The predicted octanol–water partition coefficient (Wildman–Crippen LogP) is -0.813. The predicted molar refractivity (Wildman–Crippen MR) is 41.2 cm³/mol. The van der Waals surface area contributed by atoms with Crippen LogP contribution in [-0.2, 0) is 9.53 Å².